The van der Waals surface area contributed by atoms with Crippen LogP contribution in [0.1, 0.15) is 42.5 Å². The Balaban J connectivity index is 1.53. The van der Waals surface area contributed by atoms with Gasteiger partial charge in [-0.2, -0.15) is 0 Å². The number of nitrogens with one attached hydrogen (secondary N) is 1. The predicted molar refractivity (Wildman–Crippen MR) is 134 cm³/mol. The Morgan fingerprint density at radius 1 is 0.971 bits per heavy atom. The molecule has 2 aromatic rings. The molecule has 2 aliphatic heterocycles. The summed E-state index contributed by atoms with van der Waals surface area (Å²) in [5, 5.41) is 2.96. The zero-order valence-electron chi connectivity index (χ0n) is 19.4. The number of amides is 4. The van der Waals surface area contributed by atoms with Crippen LogP contribution < -0.4 is 26.6 Å². The lowest BCUT2D eigenvalue weighted by molar-refractivity contribution is -0.119. The van der Waals surface area contributed by atoms with Crippen molar-refractivity contribution in [2.45, 2.75) is 38.1 Å². The number of piperidine rings is 2. The van der Waals surface area contributed by atoms with Gasteiger partial charge in [-0.3, -0.25) is 19.2 Å². The summed E-state index contributed by atoms with van der Waals surface area (Å²) in [5.74, 6) is -1.20. The van der Waals surface area contributed by atoms with Crippen LogP contribution in [0, 0.1) is 0 Å². The third kappa shape index (κ3) is 5.68. The maximum absolute atomic E-state index is 13.3. The van der Waals surface area contributed by atoms with Gasteiger partial charge in [-0.05, 0) is 73.7 Å². The summed E-state index contributed by atoms with van der Waals surface area (Å²) in [6, 6.07) is 13.5. The summed E-state index contributed by atoms with van der Waals surface area (Å²) in [7, 11) is 0. The molecular weight excluding hydrogens is 446 g/mol. The standard InChI is InChI=1S/C26H29N5O4/c27-23(32)14-17-7-12-22(31(16-17)21-5-3-4-18(15-21)25(28)34)26(35)29-19-8-10-20(11-9-19)30-13-2-1-6-24(30)33/h3-5,8-11,14-15,22H,1-2,6-7,12-13,16H2,(H2,27,32)(H2,28,34)(H,29,35)/b17-14-. The number of anilines is 3. The molecule has 0 saturated carbocycles. The van der Waals surface area contributed by atoms with Crippen LogP contribution in [-0.4, -0.2) is 42.8 Å². The molecule has 2 fully saturated rings. The molecule has 5 N–H and O–H groups in total. The van der Waals surface area contributed by atoms with E-state index in [2.05, 4.69) is 5.32 Å². The quantitative estimate of drug-likeness (QED) is 0.550. The van der Waals surface area contributed by atoms with Gasteiger partial charge in [0.1, 0.15) is 6.04 Å². The van der Waals surface area contributed by atoms with Gasteiger partial charge in [0.15, 0.2) is 0 Å². The van der Waals surface area contributed by atoms with E-state index in [9.17, 15) is 19.2 Å². The van der Waals surface area contributed by atoms with E-state index in [4.69, 9.17) is 11.5 Å². The number of benzene rings is 2. The molecule has 0 bridgehead atoms. The van der Waals surface area contributed by atoms with E-state index >= 15 is 0 Å². The Morgan fingerprint density at radius 2 is 1.74 bits per heavy atom. The lowest BCUT2D eigenvalue weighted by Gasteiger charge is -2.38. The van der Waals surface area contributed by atoms with Crippen molar-refractivity contribution in [3.63, 3.8) is 0 Å². The fraction of sp³-hybridized carbons (Fsp3) is 0.308. The van der Waals surface area contributed by atoms with Gasteiger partial charge in [-0.25, -0.2) is 0 Å². The van der Waals surface area contributed by atoms with Crippen molar-refractivity contribution in [1.82, 2.24) is 0 Å². The first-order valence-electron chi connectivity index (χ1n) is 11.7. The molecule has 4 rings (SSSR count). The first-order valence-corrected chi connectivity index (χ1v) is 11.7. The van der Waals surface area contributed by atoms with Gasteiger partial charge in [0.25, 0.3) is 0 Å². The maximum atomic E-state index is 13.3. The minimum absolute atomic E-state index is 0.115. The highest BCUT2D eigenvalue weighted by Gasteiger charge is 2.31. The third-order valence-electron chi connectivity index (χ3n) is 6.37. The van der Waals surface area contributed by atoms with Crippen LogP contribution in [0.4, 0.5) is 17.1 Å². The fourth-order valence-electron chi connectivity index (χ4n) is 4.62. The monoisotopic (exact) mass is 475 g/mol. The summed E-state index contributed by atoms with van der Waals surface area (Å²) in [6.07, 6.45) is 4.85. The number of rotatable bonds is 6. The van der Waals surface area contributed by atoms with Gasteiger partial charge in [-0.15, -0.1) is 0 Å². The average molecular weight is 476 g/mol. The molecule has 0 radical (unpaired) electrons. The van der Waals surface area contributed by atoms with Crippen molar-refractivity contribution in [2.24, 2.45) is 11.5 Å². The lowest BCUT2D eigenvalue weighted by Crippen LogP contribution is -2.48. The predicted octanol–water partition coefficient (Wildman–Crippen LogP) is 2.32. The van der Waals surface area contributed by atoms with Crippen LogP contribution in [-0.2, 0) is 14.4 Å². The second-order valence-corrected chi connectivity index (χ2v) is 8.84. The topological polar surface area (TPSA) is 139 Å². The smallest absolute Gasteiger partial charge is 0.248 e. The minimum Gasteiger partial charge on any atom is -0.366 e. The lowest BCUT2D eigenvalue weighted by atomic mass is 9.95. The number of carbonyl (C=O) groups excluding carboxylic acids is 4. The highest BCUT2D eigenvalue weighted by atomic mass is 16.2. The second kappa shape index (κ2) is 10.4. The molecule has 35 heavy (non-hydrogen) atoms. The number of nitrogens with zero attached hydrogens (tertiary/aromatic N) is 2. The Labute approximate surface area is 203 Å². The molecule has 2 saturated heterocycles. The van der Waals surface area contributed by atoms with E-state index in [1.54, 1.807) is 41.3 Å². The molecule has 4 amide bonds. The van der Waals surface area contributed by atoms with Gasteiger partial charge in [0.2, 0.25) is 23.6 Å². The van der Waals surface area contributed by atoms with Crippen molar-refractivity contribution in [2.75, 3.05) is 28.2 Å². The third-order valence-corrected chi connectivity index (χ3v) is 6.37. The Morgan fingerprint density at radius 3 is 2.43 bits per heavy atom. The number of carbonyl (C=O) groups is 4. The van der Waals surface area contributed by atoms with Crippen molar-refractivity contribution >= 4 is 40.7 Å². The average Bonchev–Trinajstić information content (AvgIpc) is 2.84. The van der Waals surface area contributed by atoms with E-state index in [-0.39, 0.29) is 11.8 Å². The van der Waals surface area contributed by atoms with E-state index in [1.165, 1.54) is 6.08 Å². The number of primary amides is 2. The Bertz CT molecular complexity index is 1170. The van der Waals surface area contributed by atoms with Crippen molar-refractivity contribution in [1.29, 1.82) is 0 Å². The molecule has 1 atom stereocenters. The molecule has 9 nitrogen and oxygen atoms in total. The number of hydrogen-bond donors (Lipinski definition) is 3. The van der Waals surface area contributed by atoms with Crippen LogP contribution in [0.3, 0.4) is 0 Å². The number of hydrogen-bond acceptors (Lipinski definition) is 5. The van der Waals surface area contributed by atoms with Crippen molar-refractivity contribution < 1.29 is 19.2 Å². The summed E-state index contributed by atoms with van der Waals surface area (Å²) in [6.45, 7) is 1.02. The van der Waals surface area contributed by atoms with Crippen LogP contribution in [0.2, 0.25) is 0 Å². The Kier molecular flexibility index (Phi) is 7.14. The van der Waals surface area contributed by atoms with Gasteiger partial charge < -0.3 is 26.6 Å². The molecular formula is C26H29N5O4. The Hall–Kier alpha value is -4.14. The summed E-state index contributed by atoms with van der Waals surface area (Å²) < 4.78 is 0. The van der Waals surface area contributed by atoms with Crippen LogP contribution in [0.5, 0.6) is 0 Å². The van der Waals surface area contributed by atoms with E-state index in [1.807, 2.05) is 17.0 Å². The molecule has 182 valence electrons. The molecule has 0 spiro atoms. The van der Waals surface area contributed by atoms with Crippen molar-refractivity contribution in [3.8, 4) is 0 Å². The molecule has 1 unspecified atom stereocenters. The maximum Gasteiger partial charge on any atom is 0.248 e. The highest BCUT2D eigenvalue weighted by Crippen LogP contribution is 2.29. The summed E-state index contributed by atoms with van der Waals surface area (Å²) in [4.78, 5) is 52.2. The van der Waals surface area contributed by atoms with Gasteiger partial charge in [-0.1, -0.05) is 6.07 Å². The number of nitrogens with two attached hydrogens (primary N) is 2. The largest absolute Gasteiger partial charge is 0.366 e. The molecule has 2 aromatic carbocycles. The van der Waals surface area contributed by atoms with Crippen LogP contribution >= 0.6 is 0 Å². The molecule has 2 aliphatic rings. The SMILES string of the molecule is NC(=O)/C=C1/CCC(C(=O)Nc2ccc(N3CCCCC3=O)cc2)N(c2cccc(C(N)=O)c2)C1. The van der Waals surface area contributed by atoms with Gasteiger partial charge in [0, 0.05) is 48.2 Å². The molecule has 9 heteroatoms. The molecule has 0 aromatic heterocycles. The van der Waals surface area contributed by atoms with E-state index < -0.39 is 17.9 Å². The first-order chi connectivity index (χ1) is 16.8. The minimum atomic E-state index is -0.565. The molecule has 0 aliphatic carbocycles. The zero-order valence-corrected chi connectivity index (χ0v) is 19.4. The van der Waals surface area contributed by atoms with Gasteiger partial charge >= 0.3 is 0 Å². The molecule has 2 heterocycles. The van der Waals surface area contributed by atoms with Crippen LogP contribution in [0.25, 0.3) is 0 Å². The fourth-order valence-corrected chi connectivity index (χ4v) is 4.62. The zero-order chi connectivity index (χ0) is 24.9. The van der Waals surface area contributed by atoms with Crippen LogP contribution in [0.15, 0.2) is 60.2 Å². The van der Waals surface area contributed by atoms with Gasteiger partial charge in [0.05, 0.1) is 0 Å². The highest BCUT2D eigenvalue weighted by molar-refractivity contribution is 5.99. The second-order valence-electron chi connectivity index (χ2n) is 8.84. The van der Waals surface area contributed by atoms with Crippen molar-refractivity contribution in [3.05, 3.63) is 65.7 Å². The summed E-state index contributed by atoms with van der Waals surface area (Å²) >= 11 is 0. The summed E-state index contributed by atoms with van der Waals surface area (Å²) in [5.41, 5.74) is 14.0. The van der Waals surface area contributed by atoms with E-state index in [0.717, 1.165) is 24.1 Å². The first kappa shape index (κ1) is 24.0. The van der Waals surface area contributed by atoms with E-state index in [0.29, 0.717) is 49.3 Å². The normalized spacial score (nSPS) is 19.5.